The number of benzene rings is 2. The fraction of sp³-hybridized carbons (Fsp3) is 0.133. The lowest BCUT2D eigenvalue weighted by atomic mass is 9.99. The number of nitrogens with two attached hydrogens (primary N) is 2. The molecule has 98 valence electrons. The molecule has 3 nitrogen and oxygen atoms in total. The number of halogens is 1. The standard InChI is InChI=1S/C15H15FN2O/c16-13-4-2-1-3-12(13)10-5-7-11(8-6-10)14(17)9-15(18)19/h1-8,14H,9,17H2,(H2,18,19). The Morgan fingerprint density at radius 2 is 1.74 bits per heavy atom. The highest BCUT2D eigenvalue weighted by atomic mass is 19.1. The SMILES string of the molecule is NC(=O)CC(N)c1ccc(-c2ccccc2F)cc1. The largest absolute Gasteiger partial charge is 0.370 e. The van der Waals surface area contributed by atoms with Gasteiger partial charge < -0.3 is 11.5 Å². The van der Waals surface area contributed by atoms with Crippen molar-refractivity contribution in [2.24, 2.45) is 11.5 Å². The Balaban J connectivity index is 2.24. The normalized spacial score (nSPS) is 12.1. The third-order valence-corrected chi connectivity index (χ3v) is 2.94. The molecule has 4 heteroatoms. The summed E-state index contributed by atoms with van der Waals surface area (Å²) in [5.41, 5.74) is 13.1. The molecule has 0 saturated carbocycles. The van der Waals surface area contributed by atoms with Gasteiger partial charge in [-0.05, 0) is 17.2 Å². The van der Waals surface area contributed by atoms with E-state index in [0.29, 0.717) is 5.56 Å². The van der Waals surface area contributed by atoms with Crippen LogP contribution in [-0.2, 0) is 4.79 Å². The van der Waals surface area contributed by atoms with E-state index in [1.807, 2.05) is 0 Å². The van der Waals surface area contributed by atoms with E-state index in [2.05, 4.69) is 0 Å². The van der Waals surface area contributed by atoms with Crippen molar-refractivity contribution < 1.29 is 9.18 Å². The number of primary amides is 1. The van der Waals surface area contributed by atoms with Crippen LogP contribution < -0.4 is 11.5 Å². The summed E-state index contributed by atoms with van der Waals surface area (Å²) in [4.78, 5) is 10.8. The quantitative estimate of drug-likeness (QED) is 0.884. The van der Waals surface area contributed by atoms with E-state index in [9.17, 15) is 9.18 Å². The Morgan fingerprint density at radius 1 is 1.11 bits per heavy atom. The van der Waals surface area contributed by atoms with E-state index in [1.165, 1.54) is 6.07 Å². The summed E-state index contributed by atoms with van der Waals surface area (Å²) in [6.45, 7) is 0. The van der Waals surface area contributed by atoms with Crippen LogP contribution in [0, 0.1) is 5.82 Å². The Morgan fingerprint density at radius 3 is 2.32 bits per heavy atom. The molecule has 1 unspecified atom stereocenters. The monoisotopic (exact) mass is 258 g/mol. The van der Waals surface area contributed by atoms with Crippen LogP contribution in [0.1, 0.15) is 18.0 Å². The summed E-state index contributed by atoms with van der Waals surface area (Å²) in [6, 6.07) is 13.3. The fourth-order valence-corrected chi connectivity index (χ4v) is 1.94. The van der Waals surface area contributed by atoms with Crippen molar-refractivity contribution in [3.05, 3.63) is 59.9 Å². The van der Waals surface area contributed by atoms with Crippen LogP contribution in [-0.4, -0.2) is 5.91 Å². The summed E-state index contributed by atoms with van der Waals surface area (Å²) in [6.07, 6.45) is 0.0963. The molecule has 0 aliphatic heterocycles. The number of hydrogen-bond acceptors (Lipinski definition) is 2. The smallest absolute Gasteiger partial charge is 0.219 e. The molecule has 0 saturated heterocycles. The molecule has 0 fully saturated rings. The Hall–Kier alpha value is -2.20. The van der Waals surface area contributed by atoms with Gasteiger partial charge in [-0.15, -0.1) is 0 Å². The van der Waals surface area contributed by atoms with Crippen molar-refractivity contribution in [1.82, 2.24) is 0 Å². The number of carbonyl (C=O) groups is 1. The van der Waals surface area contributed by atoms with Crippen LogP contribution in [0.5, 0.6) is 0 Å². The van der Waals surface area contributed by atoms with Gasteiger partial charge in [0.25, 0.3) is 0 Å². The van der Waals surface area contributed by atoms with Crippen molar-refractivity contribution in [1.29, 1.82) is 0 Å². The zero-order valence-corrected chi connectivity index (χ0v) is 10.3. The Labute approximate surface area is 111 Å². The molecule has 0 aliphatic carbocycles. The third kappa shape index (κ3) is 3.17. The van der Waals surface area contributed by atoms with E-state index in [-0.39, 0.29) is 12.2 Å². The second-order valence-electron chi connectivity index (χ2n) is 4.38. The summed E-state index contributed by atoms with van der Waals surface area (Å²) < 4.78 is 13.6. The minimum atomic E-state index is -0.439. The molecule has 0 aliphatic rings. The molecule has 2 rings (SSSR count). The van der Waals surface area contributed by atoms with Gasteiger partial charge in [-0.3, -0.25) is 4.79 Å². The zero-order chi connectivity index (χ0) is 13.8. The van der Waals surface area contributed by atoms with Crippen LogP contribution in [0.4, 0.5) is 4.39 Å². The van der Waals surface area contributed by atoms with E-state index in [0.717, 1.165) is 11.1 Å². The van der Waals surface area contributed by atoms with Gasteiger partial charge in [0.1, 0.15) is 5.82 Å². The summed E-state index contributed by atoms with van der Waals surface area (Å²) >= 11 is 0. The maximum Gasteiger partial charge on any atom is 0.219 e. The van der Waals surface area contributed by atoms with Gasteiger partial charge in [-0.2, -0.15) is 0 Å². The first kappa shape index (κ1) is 13.2. The third-order valence-electron chi connectivity index (χ3n) is 2.94. The van der Waals surface area contributed by atoms with Crippen molar-refractivity contribution >= 4 is 5.91 Å². The predicted molar refractivity (Wildman–Crippen MR) is 72.6 cm³/mol. The highest BCUT2D eigenvalue weighted by Gasteiger charge is 2.10. The van der Waals surface area contributed by atoms with E-state index in [1.54, 1.807) is 42.5 Å². The van der Waals surface area contributed by atoms with Crippen molar-refractivity contribution in [3.8, 4) is 11.1 Å². The first-order valence-electron chi connectivity index (χ1n) is 5.96. The van der Waals surface area contributed by atoms with Crippen LogP contribution >= 0.6 is 0 Å². The molecule has 1 atom stereocenters. The van der Waals surface area contributed by atoms with Gasteiger partial charge in [-0.25, -0.2) is 4.39 Å². The highest BCUT2D eigenvalue weighted by Crippen LogP contribution is 2.24. The molecule has 0 spiro atoms. The zero-order valence-electron chi connectivity index (χ0n) is 10.3. The lowest BCUT2D eigenvalue weighted by Crippen LogP contribution is -2.20. The van der Waals surface area contributed by atoms with E-state index >= 15 is 0 Å². The maximum absolute atomic E-state index is 13.6. The minimum Gasteiger partial charge on any atom is -0.370 e. The molecule has 0 aromatic heterocycles. The second kappa shape index (κ2) is 5.63. The molecule has 2 aromatic carbocycles. The molecule has 19 heavy (non-hydrogen) atoms. The average Bonchev–Trinajstić information content (AvgIpc) is 2.39. The molecule has 2 aromatic rings. The minimum absolute atomic E-state index is 0.0963. The van der Waals surface area contributed by atoms with Gasteiger partial charge >= 0.3 is 0 Å². The number of carbonyl (C=O) groups excluding carboxylic acids is 1. The highest BCUT2D eigenvalue weighted by molar-refractivity contribution is 5.74. The predicted octanol–water partition coefficient (Wildman–Crippen LogP) is 2.37. The van der Waals surface area contributed by atoms with Crippen LogP contribution in [0.2, 0.25) is 0 Å². The molecule has 0 bridgehead atoms. The molecule has 1 amide bonds. The summed E-state index contributed by atoms with van der Waals surface area (Å²) in [5, 5.41) is 0. The first-order valence-corrected chi connectivity index (χ1v) is 5.96. The first-order chi connectivity index (χ1) is 9.08. The molecule has 0 radical (unpaired) electrons. The summed E-state index contributed by atoms with van der Waals surface area (Å²) in [5.74, 6) is -0.706. The van der Waals surface area contributed by atoms with Gasteiger partial charge in [0.15, 0.2) is 0 Å². The molecular weight excluding hydrogens is 243 g/mol. The number of hydrogen-bond donors (Lipinski definition) is 2. The summed E-state index contributed by atoms with van der Waals surface area (Å²) in [7, 11) is 0. The van der Waals surface area contributed by atoms with Gasteiger partial charge in [0.05, 0.1) is 0 Å². The van der Waals surface area contributed by atoms with Crippen LogP contribution in [0.15, 0.2) is 48.5 Å². The van der Waals surface area contributed by atoms with E-state index < -0.39 is 11.9 Å². The van der Waals surface area contributed by atoms with Gasteiger partial charge in [0, 0.05) is 18.0 Å². The lowest BCUT2D eigenvalue weighted by molar-refractivity contribution is -0.118. The Bertz CT molecular complexity index is 581. The molecule has 0 heterocycles. The fourth-order valence-electron chi connectivity index (χ4n) is 1.94. The number of amides is 1. The van der Waals surface area contributed by atoms with Crippen molar-refractivity contribution in [2.45, 2.75) is 12.5 Å². The maximum atomic E-state index is 13.6. The Kier molecular flexibility index (Phi) is 3.92. The second-order valence-corrected chi connectivity index (χ2v) is 4.38. The van der Waals surface area contributed by atoms with Crippen molar-refractivity contribution in [3.63, 3.8) is 0 Å². The molecule has 4 N–H and O–H groups in total. The van der Waals surface area contributed by atoms with Crippen LogP contribution in [0.25, 0.3) is 11.1 Å². The average molecular weight is 258 g/mol. The van der Waals surface area contributed by atoms with Gasteiger partial charge in [0.2, 0.25) is 5.91 Å². The number of rotatable bonds is 4. The van der Waals surface area contributed by atoms with E-state index in [4.69, 9.17) is 11.5 Å². The van der Waals surface area contributed by atoms with Crippen molar-refractivity contribution in [2.75, 3.05) is 0 Å². The topological polar surface area (TPSA) is 69.1 Å². The van der Waals surface area contributed by atoms with Crippen LogP contribution in [0.3, 0.4) is 0 Å². The lowest BCUT2D eigenvalue weighted by Gasteiger charge is -2.11. The molecular formula is C15H15FN2O. The van der Waals surface area contributed by atoms with Gasteiger partial charge in [-0.1, -0.05) is 42.5 Å².